The van der Waals surface area contributed by atoms with Crippen molar-refractivity contribution in [3.63, 3.8) is 0 Å². The molecule has 24 heavy (non-hydrogen) atoms. The third kappa shape index (κ3) is 3.46. The Labute approximate surface area is 142 Å². The molecule has 0 unspecified atom stereocenters. The van der Waals surface area contributed by atoms with E-state index in [2.05, 4.69) is 10.3 Å². The van der Waals surface area contributed by atoms with Crippen LogP contribution in [-0.2, 0) is 6.54 Å². The van der Waals surface area contributed by atoms with Crippen molar-refractivity contribution in [1.82, 2.24) is 9.88 Å². The summed E-state index contributed by atoms with van der Waals surface area (Å²) in [6.07, 6.45) is 1.78. The number of nitrogens with zero attached hydrogens (tertiary/aromatic N) is 2. The summed E-state index contributed by atoms with van der Waals surface area (Å²) in [7, 11) is 1.72. The summed E-state index contributed by atoms with van der Waals surface area (Å²) in [5, 5.41) is 4.63. The van der Waals surface area contributed by atoms with Crippen LogP contribution in [0.2, 0.25) is 0 Å². The van der Waals surface area contributed by atoms with Crippen LogP contribution in [0.4, 0.5) is 10.5 Å². The number of thiazole rings is 1. The maximum Gasteiger partial charge on any atom is 0.336 e. The predicted octanol–water partition coefficient (Wildman–Crippen LogP) is 3.53. The normalized spacial score (nSPS) is 10.8. The van der Waals surface area contributed by atoms with Crippen LogP contribution in [0, 0.1) is 13.8 Å². The summed E-state index contributed by atoms with van der Waals surface area (Å²) in [5.74, 6) is 0. The third-order valence-corrected chi connectivity index (χ3v) is 4.51. The Morgan fingerprint density at radius 3 is 2.83 bits per heavy atom. The minimum absolute atomic E-state index is 0.240. The molecule has 0 aliphatic heterocycles. The van der Waals surface area contributed by atoms with E-state index in [1.54, 1.807) is 41.6 Å². The quantitative estimate of drug-likeness (QED) is 0.738. The molecule has 124 valence electrons. The molecular formula is C17H17N3O3S. The van der Waals surface area contributed by atoms with Crippen molar-refractivity contribution in [2.75, 3.05) is 12.4 Å². The van der Waals surface area contributed by atoms with Crippen LogP contribution in [0.3, 0.4) is 0 Å². The molecule has 0 spiro atoms. The van der Waals surface area contributed by atoms with Gasteiger partial charge in [0, 0.05) is 41.3 Å². The minimum atomic E-state index is -0.402. The predicted molar refractivity (Wildman–Crippen MR) is 94.6 cm³/mol. The molecule has 6 nitrogen and oxygen atoms in total. The number of aromatic nitrogens is 1. The van der Waals surface area contributed by atoms with Gasteiger partial charge in [-0.2, -0.15) is 0 Å². The molecular weight excluding hydrogens is 326 g/mol. The van der Waals surface area contributed by atoms with Crippen molar-refractivity contribution in [1.29, 1.82) is 0 Å². The van der Waals surface area contributed by atoms with Gasteiger partial charge in [0.05, 0.1) is 11.6 Å². The van der Waals surface area contributed by atoms with Gasteiger partial charge in [-0.05, 0) is 31.5 Å². The van der Waals surface area contributed by atoms with E-state index in [0.717, 1.165) is 20.8 Å². The Morgan fingerprint density at radius 2 is 2.12 bits per heavy atom. The van der Waals surface area contributed by atoms with Crippen LogP contribution < -0.4 is 10.9 Å². The summed E-state index contributed by atoms with van der Waals surface area (Å²) in [6.45, 7) is 4.26. The largest absolute Gasteiger partial charge is 0.423 e. The Morgan fingerprint density at radius 1 is 1.33 bits per heavy atom. The number of nitrogens with one attached hydrogen (secondary N) is 1. The molecule has 0 bridgehead atoms. The van der Waals surface area contributed by atoms with Crippen molar-refractivity contribution in [3.8, 4) is 0 Å². The molecule has 3 aromatic rings. The summed E-state index contributed by atoms with van der Waals surface area (Å²) >= 11 is 1.56. The average Bonchev–Trinajstić information content (AvgIpc) is 2.91. The lowest BCUT2D eigenvalue weighted by atomic mass is 10.1. The maximum absolute atomic E-state index is 12.3. The smallest absolute Gasteiger partial charge is 0.336 e. The van der Waals surface area contributed by atoms with Crippen molar-refractivity contribution in [2.45, 2.75) is 20.4 Å². The fraction of sp³-hybridized carbons (Fsp3) is 0.235. The molecule has 0 radical (unpaired) electrons. The van der Waals surface area contributed by atoms with Crippen molar-refractivity contribution < 1.29 is 9.21 Å². The van der Waals surface area contributed by atoms with E-state index in [0.29, 0.717) is 17.8 Å². The van der Waals surface area contributed by atoms with Crippen molar-refractivity contribution >= 4 is 34.0 Å². The second-order valence-electron chi connectivity index (χ2n) is 5.59. The van der Waals surface area contributed by atoms with Gasteiger partial charge in [0.1, 0.15) is 5.58 Å². The lowest BCUT2D eigenvalue weighted by molar-refractivity contribution is 0.221. The first-order chi connectivity index (χ1) is 11.4. The molecule has 3 rings (SSSR count). The lowest BCUT2D eigenvalue weighted by Gasteiger charge is -2.17. The number of hydrogen-bond acceptors (Lipinski definition) is 5. The first-order valence-electron chi connectivity index (χ1n) is 7.40. The average molecular weight is 343 g/mol. The number of hydrogen-bond donors (Lipinski definition) is 1. The van der Waals surface area contributed by atoms with E-state index in [-0.39, 0.29) is 6.03 Å². The second-order valence-corrected chi connectivity index (χ2v) is 6.91. The minimum Gasteiger partial charge on any atom is -0.423 e. The number of benzene rings is 1. The molecule has 0 fully saturated rings. The van der Waals surface area contributed by atoms with Crippen LogP contribution in [0.5, 0.6) is 0 Å². The summed E-state index contributed by atoms with van der Waals surface area (Å²) in [4.78, 5) is 30.6. The van der Waals surface area contributed by atoms with Crippen LogP contribution >= 0.6 is 11.3 Å². The SMILES string of the molecule is Cc1ncc(CN(C)C(=O)Nc2ccc3c(C)cc(=O)oc3c2)s1. The van der Waals surface area contributed by atoms with Gasteiger partial charge in [-0.15, -0.1) is 11.3 Å². The fourth-order valence-corrected chi connectivity index (χ4v) is 3.25. The van der Waals surface area contributed by atoms with Gasteiger partial charge in [0.25, 0.3) is 0 Å². The highest BCUT2D eigenvalue weighted by molar-refractivity contribution is 7.11. The molecule has 2 amide bonds. The molecule has 2 heterocycles. The molecule has 0 saturated heterocycles. The number of rotatable bonds is 3. The number of aryl methyl sites for hydroxylation is 2. The van der Waals surface area contributed by atoms with Crippen LogP contribution in [0.25, 0.3) is 11.0 Å². The standard InChI is InChI=1S/C17H17N3O3S/c1-10-6-16(21)23-15-7-12(4-5-14(10)15)19-17(22)20(3)9-13-8-18-11(2)24-13/h4-8H,9H2,1-3H3,(H,19,22). The molecule has 0 saturated carbocycles. The number of anilines is 1. The van der Waals surface area contributed by atoms with E-state index in [4.69, 9.17) is 4.42 Å². The fourth-order valence-electron chi connectivity index (χ4n) is 2.41. The number of amides is 2. The van der Waals surface area contributed by atoms with Gasteiger partial charge in [-0.25, -0.2) is 14.6 Å². The Bertz CT molecular complexity index is 961. The highest BCUT2D eigenvalue weighted by atomic mass is 32.1. The van der Waals surface area contributed by atoms with Gasteiger partial charge in [-0.3, -0.25) is 0 Å². The van der Waals surface area contributed by atoms with Gasteiger partial charge >= 0.3 is 11.7 Å². The molecule has 0 aliphatic rings. The van der Waals surface area contributed by atoms with E-state index < -0.39 is 5.63 Å². The van der Waals surface area contributed by atoms with Crippen molar-refractivity contribution in [2.24, 2.45) is 0 Å². The lowest BCUT2D eigenvalue weighted by Crippen LogP contribution is -2.30. The second kappa shape index (κ2) is 6.45. The Hall–Kier alpha value is -2.67. The third-order valence-electron chi connectivity index (χ3n) is 3.61. The monoisotopic (exact) mass is 343 g/mol. The van der Waals surface area contributed by atoms with E-state index in [9.17, 15) is 9.59 Å². The first kappa shape index (κ1) is 16.2. The zero-order chi connectivity index (χ0) is 17.3. The van der Waals surface area contributed by atoms with E-state index in [1.807, 2.05) is 19.9 Å². The topological polar surface area (TPSA) is 75.4 Å². The van der Waals surface area contributed by atoms with Crippen LogP contribution in [0.15, 0.2) is 39.7 Å². The first-order valence-corrected chi connectivity index (χ1v) is 8.22. The van der Waals surface area contributed by atoms with Crippen molar-refractivity contribution in [3.05, 3.63) is 56.3 Å². The maximum atomic E-state index is 12.3. The van der Waals surface area contributed by atoms with E-state index >= 15 is 0 Å². The highest BCUT2D eigenvalue weighted by Crippen LogP contribution is 2.21. The van der Waals surface area contributed by atoms with Gasteiger partial charge in [0.15, 0.2) is 0 Å². The number of carbonyl (C=O) groups is 1. The molecule has 0 aliphatic carbocycles. The number of fused-ring (bicyclic) bond motifs is 1. The van der Waals surface area contributed by atoms with Crippen LogP contribution in [0.1, 0.15) is 15.4 Å². The van der Waals surface area contributed by atoms with Crippen LogP contribution in [-0.4, -0.2) is 23.0 Å². The molecule has 7 heteroatoms. The Kier molecular flexibility index (Phi) is 4.35. The highest BCUT2D eigenvalue weighted by Gasteiger charge is 2.12. The summed E-state index contributed by atoms with van der Waals surface area (Å²) < 4.78 is 5.20. The van der Waals surface area contributed by atoms with Gasteiger partial charge in [-0.1, -0.05) is 0 Å². The number of carbonyl (C=O) groups excluding carboxylic acids is 1. The van der Waals surface area contributed by atoms with Gasteiger partial charge < -0.3 is 14.6 Å². The van der Waals surface area contributed by atoms with E-state index in [1.165, 1.54) is 6.07 Å². The van der Waals surface area contributed by atoms with Gasteiger partial charge in [0.2, 0.25) is 0 Å². The summed E-state index contributed by atoms with van der Waals surface area (Å²) in [5.41, 5.74) is 1.48. The Balaban J connectivity index is 1.76. The number of urea groups is 1. The molecule has 1 N–H and O–H groups in total. The molecule has 1 aromatic carbocycles. The zero-order valence-electron chi connectivity index (χ0n) is 13.6. The molecule has 0 atom stereocenters. The zero-order valence-corrected chi connectivity index (χ0v) is 14.4. The summed E-state index contributed by atoms with van der Waals surface area (Å²) in [6, 6.07) is 6.49. The molecule has 2 aromatic heterocycles.